The van der Waals surface area contributed by atoms with Crippen LogP contribution >= 0.6 is 0 Å². The molecule has 0 aromatic heterocycles. The van der Waals surface area contributed by atoms with Crippen molar-refractivity contribution in [1.82, 2.24) is 4.90 Å². The number of rotatable bonds is 5. The van der Waals surface area contributed by atoms with E-state index in [2.05, 4.69) is 22.0 Å². The van der Waals surface area contributed by atoms with E-state index in [0.29, 0.717) is 0 Å². The Morgan fingerprint density at radius 3 is 2.63 bits per heavy atom. The van der Waals surface area contributed by atoms with Crippen LogP contribution in [0.5, 0.6) is 5.75 Å². The van der Waals surface area contributed by atoms with E-state index in [0.717, 1.165) is 37.1 Å². The Morgan fingerprint density at radius 1 is 1.42 bits per heavy atom. The van der Waals surface area contributed by atoms with Crippen LogP contribution in [0.15, 0.2) is 23.2 Å². The summed E-state index contributed by atoms with van der Waals surface area (Å²) in [6.07, 6.45) is 4.60. The van der Waals surface area contributed by atoms with E-state index in [1.807, 2.05) is 20.2 Å². The van der Waals surface area contributed by atoms with E-state index < -0.39 is 5.54 Å². The van der Waals surface area contributed by atoms with Crippen LogP contribution in [0.4, 0.5) is 0 Å². The molecule has 0 heterocycles. The van der Waals surface area contributed by atoms with Crippen molar-refractivity contribution >= 4 is 6.08 Å². The van der Waals surface area contributed by atoms with Gasteiger partial charge in [0.05, 0.1) is 7.11 Å². The highest BCUT2D eigenvalue weighted by Gasteiger charge is 2.41. The quantitative estimate of drug-likeness (QED) is 0.603. The fraction of sp³-hybridized carbons (Fsp3) is 0.533. The number of nitrogens with zero attached hydrogens (tertiary/aromatic N) is 2. The Morgan fingerprint density at radius 2 is 2.16 bits per heavy atom. The van der Waals surface area contributed by atoms with Gasteiger partial charge in [0.15, 0.2) is 0 Å². The van der Waals surface area contributed by atoms with Crippen LogP contribution in [-0.4, -0.2) is 32.2 Å². The van der Waals surface area contributed by atoms with Gasteiger partial charge in [-0.3, -0.25) is 0 Å². The standard InChI is InChI=1S/C15H20N2O2/c1-17(2)10-12-5-6-14(19-3)13(9-12)15(16-11-18)7-4-8-15/h5-6,9H,4,7-8,10H2,1-3H3. The summed E-state index contributed by atoms with van der Waals surface area (Å²) in [6, 6.07) is 6.13. The second-order valence-corrected chi connectivity index (χ2v) is 5.36. The van der Waals surface area contributed by atoms with Crippen LogP contribution in [-0.2, 0) is 16.9 Å². The monoisotopic (exact) mass is 260 g/mol. The van der Waals surface area contributed by atoms with Crippen LogP contribution in [0.25, 0.3) is 0 Å². The lowest BCUT2D eigenvalue weighted by atomic mass is 9.71. The molecular weight excluding hydrogens is 240 g/mol. The first kappa shape index (κ1) is 13.8. The summed E-state index contributed by atoms with van der Waals surface area (Å²) < 4.78 is 5.43. The molecule has 4 heteroatoms. The van der Waals surface area contributed by atoms with E-state index in [-0.39, 0.29) is 0 Å². The highest BCUT2D eigenvalue weighted by Crippen LogP contribution is 2.48. The number of benzene rings is 1. The topological polar surface area (TPSA) is 41.9 Å². The lowest BCUT2D eigenvalue weighted by Crippen LogP contribution is -2.32. The van der Waals surface area contributed by atoms with E-state index >= 15 is 0 Å². The molecule has 1 saturated carbocycles. The van der Waals surface area contributed by atoms with Crippen molar-refractivity contribution in [3.63, 3.8) is 0 Å². The number of methoxy groups -OCH3 is 1. The molecule has 0 unspecified atom stereocenters. The van der Waals surface area contributed by atoms with Crippen LogP contribution in [0.1, 0.15) is 30.4 Å². The summed E-state index contributed by atoms with van der Waals surface area (Å²) >= 11 is 0. The maximum Gasteiger partial charge on any atom is 0.235 e. The first-order valence-corrected chi connectivity index (χ1v) is 6.52. The van der Waals surface area contributed by atoms with Crippen molar-refractivity contribution in [2.24, 2.45) is 4.99 Å². The van der Waals surface area contributed by atoms with Crippen molar-refractivity contribution < 1.29 is 9.53 Å². The zero-order valence-corrected chi connectivity index (χ0v) is 11.8. The van der Waals surface area contributed by atoms with Gasteiger partial charge in [-0.15, -0.1) is 0 Å². The van der Waals surface area contributed by atoms with Crippen molar-refractivity contribution in [2.75, 3.05) is 21.2 Å². The highest BCUT2D eigenvalue weighted by atomic mass is 16.5. The minimum Gasteiger partial charge on any atom is -0.496 e. The third-order valence-corrected chi connectivity index (χ3v) is 3.70. The fourth-order valence-corrected chi connectivity index (χ4v) is 2.62. The van der Waals surface area contributed by atoms with Crippen molar-refractivity contribution in [3.05, 3.63) is 29.3 Å². The molecule has 0 aliphatic heterocycles. The number of carbonyl (C=O) groups excluding carboxylic acids is 1. The van der Waals surface area contributed by atoms with Gasteiger partial charge in [0.1, 0.15) is 11.3 Å². The summed E-state index contributed by atoms with van der Waals surface area (Å²) in [5, 5.41) is 0. The fourth-order valence-electron chi connectivity index (χ4n) is 2.62. The number of aliphatic imine (C=N–C) groups is 1. The smallest absolute Gasteiger partial charge is 0.235 e. The zero-order valence-electron chi connectivity index (χ0n) is 11.8. The Labute approximate surface area is 114 Å². The molecular formula is C15H20N2O2. The van der Waals surface area contributed by atoms with Gasteiger partial charge in [0.2, 0.25) is 6.08 Å². The number of ether oxygens (including phenoxy) is 1. The van der Waals surface area contributed by atoms with Gasteiger partial charge in [-0.2, -0.15) is 4.99 Å². The van der Waals surface area contributed by atoms with Crippen molar-refractivity contribution in [2.45, 2.75) is 31.3 Å². The molecule has 4 nitrogen and oxygen atoms in total. The predicted octanol–water partition coefficient (Wildman–Crippen LogP) is 2.47. The lowest BCUT2D eigenvalue weighted by Gasteiger charge is -2.38. The molecule has 0 amide bonds. The minimum atomic E-state index is -0.407. The van der Waals surface area contributed by atoms with Gasteiger partial charge in [-0.25, -0.2) is 4.79 Å². The SMILES string of the molecule is COc1ccc(CN(C)C)cc1C1(N=C=O)CCC1. The molecule has 0 spiro atoms. The molecule has 2 rings (SSSR count). The average molecular weight is 260 g/mol. The summed E-state index contributed by atoms with van der Waals surface area (Å²) in [5.74, 6) is 0.807. The third-order valence-electron chi connectivity index (χ3n) is 3.70. The summed E-state index contributed by atoms with van der Waals surface area (Å²) in [4.78, 5) is 16.9. The van der Waals surface area contributed by atoms with Crippen molar-refractivity contribution in [3.8, 4) is 5.75 Å². The Bertz CT molecular complexity index is 501. The third kappa shape index (κ3) is 2.70. The molecule has 0 radical (unpaired) electrons. The molecule has 1 fully saturated rings. The summed E-state index contributed by atoms with van der Waals surface area (Å²) in [5.41, 5.74) is 1.81. The molecule has 1 aliphatic carbocycles. The maximum absolute atomic E-state index is 10.7. The molecule has 0 atom stereocenters. The lowest BCUT2D eigenvalue weighted by molar-refractivity contribution is 0.245. The average Bonchev–Trinajstić information content (AvgIpc) is 2.33. The first-order chi connectivity index (χ1) is 9.11. The molecule has 19 heavy (non-hydrogen) atoms. The summed E-state index contributed by atoms with van der Waals surface area (Å²) in [6.45, 7) is 0.859. The van der Waals surface area contributed by atoms with E-state index in [1.165, 1.54) is 5.56 Å². The largest absolute Gasteiger partial charge is 0.496 e. The van der Waals surface area contributed by atoms with Gasteiger partial charge in [0, 0.05) is 12.1 Å². The van der Waals surface area contributed by atoms with Gasteiger partial charge in [-0.05, 0) is 51.1 Å². The maximum atomic E-state index is 10.7. The Kier molecular flexibility index (Phi) is 4.03. The Hall–Kier alpha value is -1.64. The molecule has 102 valence electrons. The number of isocyanates is 1. The number of hydrogen-bond donors (Lipinski definition) is 0. The predicted molar refractivity (Wildman–Crippen MR) is 74.0 cm³/mol. The summed E-state index contributed by atoms with van der Waals surface area (Å²) in [7, 11) is 5.72. The van der Waals surface area contributed by atoms with E-state index in [9.17, 15) is 4.79 Å². The molecule has 0 saturated heterocycles. The zero-order chi connectivity index (χ0) is 13.9. The van der Waals surface area contributed by atoms with Crippen molar-refractivity contribution in [1.29, 1.82) is 0 Å². The number of hydrogen-bond acceptors (Lipinski definition) is 4. The second kappa shape index (κ2) is 5.55. The van der Waals surface area contributed by atoms with Gasteiger partial charge in [-0.1, -0.05) is 6.07 Å². The van der Waals surface area contributed by atoms with E-state index in [4.69, 9.17) is 4.74 Å². The van der Waals surface area contributed by atoms with E-state index in [1.54, 1.807) is 13.2 Å². The van der Waals surface area contributed by atoms with Crippen LogP contribution in [0.2, 0.25) is 0 Å². The molecule has 0 N–H and O–H groups in total. The van der Waals surface area contributed by atoms with Crippen LogP contribution < -0.4 is 4.74 Å². The normalized spacial score (nSPS) is 16.6. The highest BCUT2D eigenvalue weighted by molar-refractivity contribution is 5.47. The first-order valence-electron chi connectivity index (χ1n) is 6.52. The molecule has 1 aromatic rings. The van der Waals surface area contributed by atoms with Gasteiger partial charge >= 0.3 is 0 Å². The molecule has 1 aromatic carbocycles. The van der Waals surface area contributed by atoms with Crippen LogP contribution in [0, 0.1) is 0 Å². The van der Waals surface area contributed by atoms with Gasteiger partial charge < -0.3 is 9.64 Å². The molecule has 1 aliphatic rings. The Balaban J connectivity index is 2.43. The molecule has 0 bridgehead atoms. The second-order valence-electron chi connectivity index (χ2n) is 5.36. The minimum absolute atomic E-state index is 0.407. The van der Waals surface area contributed by atoms with Crippen LogP contribution in [0.3, 0.4) is 0 Å². The van der Waals surface area contributed by atoms with Gasteiger partial charge in [0.25, 0.3) is 0 Å².